The topological polar surface area (TPSA) is 65.7 Å². The fraction of sp³-hybridized carbons (Fsp3) is 0.500. The van der Waals surface area contributed by atoms with Crippen LogP contribution in [-0.4, -0.2) is 25.2 Å². The van der Waals surface area contributed by atoms with Gasteiger partial charge in [0.15, 0.2) is 5.92 Å². The summed E-state index contributed by atoms with van der Waals surface area (Å²) in [5, 5.41) is 0. The summed E-state index contributed by atoms with van der Waals surface area (Å²) in [6.45, 7) is 3.83. The molecule has 0 radical (unpaired) electrons. The second-order valence-corrected chi connectivity index (χ2v) is 3.34. The van der Waals surface area contributed by atoms with E-state index in [1.165, 1.54) is 6.26 Å². The number of hydrogen-bond acceptors (Lipinski definition) is 5. The quantitative estimate of drug-likeness (QED) is 0.557. The normalized spacial score (nSPS) is 10.3. The first kappa shape index (κ1) is 13.3. The molecule has 17 heavy (non-hydrogen) atoms. The number of ether oxygens (including phenoxy) is 2. The smallest absolute Gasteiger partial charge is 0.320 e. The molecule has 0 saturated heterocycles. The zero-order valence-corrected chi connectivity index (χ0v) is 9.97. The lowest BCUT2D eigenvalue weighted by atomic mass is 10.0. The largest absolute Gasteiger partial charge is 0.469 e. The van der Waals surface area contributed by atoms with Crippen molar-refractivity contribution in [2.24, 2.45) is 5.92 Å². The van der Waals surface area contributed by atoms with Gasteiger partial charge in [-0.25, -0.2) is 0 Å². The summed E-state index contributed by atoms with van der Waals surface area (Å²) in [6.07, 6.45) is 1.65. The van der Waals surface area contributed by atoms with E-state index in [1.807, 2.05) is 0 Å². The van der Waals surface area contributed by atoms with Crippen LogP contribution in [0.2, 0.25) is 0 Å². The highest BCUT2D eigenvalue weighted by atomic mass is 16.6. The Morgan fingerprint density at radius 1 is 1.24 bits per heavy atom. The van der Waals surface area contributed by atoms with Crippen molar-refractivity contribution in [2.75, 3.05) is 13.2 Å². The molecule has 0 unspecified atom stereocenters. The predicted molar refractivity (Wildman–Crippen MR) is 59.2 cm³/mol. The molecule has 0 spiro atoms. The van der Waals surface area contributed by atoms with Crippen molar-refractivity contribution in [3.05, 3.63) is 24.2 Å². The summed E-state index contributed by atoms with van der Waals surface area (Å²) < 4.78 is 14.8. The first-order valence-corrected chi connectivity index (χ1v) is 5.54. The number of esters is 2. The molecule has 0 aliphatic carbocycles. The van der Waals surface area contributed by atoms with Crippen LogP contribution in [0, 0.1) is 5.92 Å². The summed E-state index contributed by atoms with van der Waals surface area (Å²) in [7, 11) is 0. The fourth-order valence-corrected chi connectivity index (χ4v) is 1.38. The Hall–Kier alpha value is -1.78. The van der Waals surface area contributed by atoms with Crippen LogP contribution in [0.1, 0.15) is 19.6 Å². The van der Waals surface area contributed by atoms with Gasteiger partial charge in [-0.2, -0.15) is 0 Å². The number of hydrogen-bond donors (Lipinski definition) is 0. The Morgan fingerprint density at radius 2 is 1.82 bits per heavy atom. The maximum absolute atomic E-state index is 11.6. The molecule has 1 heterocycles. The molecule has 1 aromatic heterocycles. The molecule has 5 nitrogen and oxygen atoms in total. The van der Waals surface area contributed by atoms with Gasteiger partial charge in [0.2, 0.25) is 0 Å². The molecule has 0 atom stereocenters. The van der Waals surface area contributed by atoms with E-state index < -0.39 is 17.9 Å². The van der Waals surface area contributed by atoms with Crippen LogP contribution in [0.3, 0.4) is 0 Å². The molecule has 0 saturated carbocycles. The van der Waals surface area contributed by atoms with E-state index in [1.54, 1.807) is 26.0 Å². The van der Waals surface area contributed by atoms with Gasteiger partial charge in [-0.3, -0.25) is 9.59 Å². The van der Waals surface area contributed by atoms with Crippen LogP contribution in [0.15, 0.2) is 22.8 Å². The van der Waals surface area contributed by atoms with Crippen molar-refractivity contribution >= 4 is 11.9 Å². The highest BCUT2D eigenvalue weighted by molar-refractivity contribution is 5.95. The van der Waals surface area contributed by atoms with Crippen LogP contribution < -0.4 is 0 Å². The maximum atomic E-state index is 11.6. The summed E-state index contributed by atoms with van der Waals surface area (Å²) in [5.74, 6) is -1.57. The van der Waals surface area contributed by atoms with Gasteiger partial charge in [-0.05, 0) is 26.0 Å². The Morgan fingerprint density at radius 3 is 2.24 bits per heavy atom. The lowest BCUT2D eigenvalue weighted by molar-refractivity contribution is -0.161. The minimum Gasteiger partial charge on any atom is -0.469 e. The molecule has 1 aromatic rings. The highest BCUT2D eigenvalue weighted by Crippen LogP contribution is 2.13. The highest BCUT2D eigenvalue weighted by Gasteiger charge is 2.30. The van der Waals surface area contributed by atoms with E-state index in [4.69, 9.17) is 13.9 Å². The van der Waals surface area contributed by atoms with E-state index in [9.17, 15) is 9.59 Å². The number of furan rings is 1. The summed E-state index contributed by atoms with van der Waals surface area (Å²) in [4.78, 5) is 23.2. The monoisotopic (exact) mass is 240 g/mol. The van der Waals surface area contributed by atoms with Gasteiger partial charge in [0.05, 0.1) is 19.5 Å². The molecule has 94 valence electrons. The molecule has 0 bridgehead atoms. The molecule has 0 fully saturated rings. The van der Waals surface area contributed by atoms with E-state index in [2.05, 4.69) is 0 Å². The standard InChI is InChI=1S/C12H16O5/c1-3-15-11(13)10(12(14)16-4-2)8-9-6-5-7-17-9/h5-7,10H,3-4,8H2,1-2H3. The first-order valence-electron chi connectivity index (χ1n) is 5.54. The van der Waals surface area contributed by atoms with Crippen LogP contribution in [-0.2, 0) is 25.5 Å². The number of rotatable bonds is 6. The summed E-state index contributed by atoms with van der Waals surface area (Å²) >= 11 is 0. The van der Waals surface area contributed by atoms with Gasteiger partial charge in [-0.15, -0.1) is 0 Å². The Kier molecular flexibility index (Phi) is 5.26. The fourth-order valence-electron chi connectivity index (χ4n) is 1.38. The molecule has 0 aromatic carbocycles. The Balaban J connectivity index is 2.71. The first-order chi connectivity index (χ1) is 8.19. The zero-order chi connectivity index (χ0) is 12.7. The van der Waals surface area contributed by atoms with Crippen molar-refractivity contribution in [2.45, 2.75) is 20.3 Å². The van der Waals surface area contributed by atoms with E-state index in [0.717, 1.165) is 0 Å². The van der Waals surface area contributed by atoms with E-state index in [0.29, 0.717) is 5.76 Å². The van der Waals surface area contributed by atoms with Gasteiger partial charge in [0.1, 0.15) is 5.76 Å². The van der Waals surface area contributed by atoms with Gasteiger partial charge >= 0.3 is 11.9 Å². The minimum atomic E-state index is -0.957. The summed E-state index contributed by atoms with van der Waals surface area (Å²) in [5.41, 5.74) is 0. The van der Waals surface area contributed by atoms with E-state index in [-0.39, 0.29) is 19.6 Å². The average Bonchev–Trinajstić information content (AvgIpc) is 2.79. The lowest BCUT2D eigenvalue weighted by Crippen LogP contribution is -2.29. The van der Waals surface area contributed by atoms with Crippen LogP contribution >= 0.6 is 0 Å². The van der Waals surface area contributed by atoms with Gasteiger partial charge < -0.3 is 13.9 Å². The van der Waals surface area contributed by atoms with Crippen LogP contribution in [0.4, 0.5) is 0 Å². The van der Waals surface area contributed by atoms with Crippen LogP contribution in [0.25, 0.3) is 0 Å². The molecule has 0 N–H and O–H groups in total. The molecule has 0 amide bonds. The van der Waals surface area contributed by atoms with Gasteiger partial charge in [-0.1, -0.05) is 0 Å². The molecule has 0 aliphatic heterocycles. The third-order valence-corrected chi connectivity index (χ3v) is 2.13. The van der Waals surface area contributed by atoms with Crippen molar-refractivity contribution in [3.8, 4) is 0 Å². The second-order valence-electron chi connectivity index (χ2n) is 3.34. The van der Waals surface area contributed by atoms with Gasteiger partial charge in [0.25, 0.3) is 0 Å². The summed E-state index contributed by atoms with van der Waals surface area (Å²) in [6, 6.07) is 3.40. The lowest BCUT2D eigenvalue weighted by Gasteiger charge is -2.12. The SMILES string of the molecule is CCOC(=O)C(Cc1ccco1)C(=O)OCC. The predicted octanol–water partition coefficient (Wildman–Crippen LogP) is 1.56. The second kappa shape index (κ2) is 6.73. The Bertz CT molecular complexity index is 337. The van der Waals surface area contributed by atoms with Crippen molar-refractivity contribution in [1.82, 2.24) is 0 Å². The minimum absolute atomic E-state index is 0.157. The molecule has 1 rings (SSSR count). The van der Waals surface area contributed by atoms with Gasteiger partial charge in [0, 0.05) is 6.42 Å². The molecule has 5 heteroatoms. The zero-order valence-electron chi connectivity index (χ0n) is 9.97. The number of carbonyl (C=O) groups is 2. The number of carbonyl (C=O) groups excluding carboxylic acids is 2. The van der Waals surface area contributed by atoms with E-state index >= 15 is 0 Å². The van der Waals surface area contributed by atoms with Crippen molar-refractivity contribution < 1.29 is 23.5 Å². The van der Waals surface area contributed by atoms with Crippen molar-refractivity contribution in [1.29, 1.82) is 0 Å². The average molecular weight is 240 g/mol. The van der Waals surface area contributed by atoms with Crippen molar-refractivity contribution in [3.63, 3.8) is 0 Å². The van der Waals surface area contributed by atoms with Crippen LogP contribution in [0.5, 0.6) is 0 Å². The Labute approximate surface area is 99.7 Å². The molecule has 0 aliphatic rings. The molecular formula is C12H16O5. The maximum Gasteiger partial charge on any atom is 0.320 e. The third-order valence-electron chi connectivity index (χ3n) is 2.13. The third kappa shape index (κ3) is 3.94. The molecular weight excluding hydrogens is 224 g/mol.